The fraction of sp³-hybridized carbons (Fsp3) is 0.857. The monoisotopic (exact) mass is 454 g/mol. The van der Waals surface area contributed by atoms with Crippen LogP contribution in [0, 0.1) is 0 Å². The highest BCUT2D eigenvalue weighted by Crippen LogP contribution is 2.69. The second-order valence-electron chi connectivity index (χ2n) is 6.05. The molecule has 0 aromatic rings. The van der Waals surface area contributed by atoms with Crippen molar-refractivity contribution in [2.24, 2.45) is 0 Å². The number of hydrogen-bond acceptors (Lipinski definition) is 4. The highest BCUT2D eigenvalue weighted by molar-refractivity contribution is 5.71. The van der Waals surface area contributed by atoms with Crippen molar-refractivity contribution in [3.05, 3.63) is 0 Å². The van der Waals surface area contributed by atoms with Crippen LogP contribution < -0.4 is 0 Å². The average Bonchev–Trinajstić information content (AvgIpc) is 2.58. The summed E-state index contributed by atoms with van der Waals surface area (Å²) in [5.41, 5.74) is -6.39. The Kier molecular flexibility index (Phi) is 6.48. The third-order valence-corrected chi connectivity index (χ3v) is 4.03. The summed E-state index contributed by atoms with van der Waals surface area (Å²) in [6.45, 7) is -2.36. The van der Waals surface area contributed by atoms with E-state index < -0.39 is 66.9 Å². The molecule has 1 rings (SSSR count). The van der Waals surface area contributed by atoms with Crippen molar-refractivity contribution in [1.29, 1.82) is 0 Å². The van der Waals surface area contributed by atoms with Crippen LogP contribution in [0.3, 0.4) is 0 Å². The summed E-state index contributed by atoms with van der Waals surface area (Å²) >= 11 is 0. The molecule has 0 aromatic carbocycles. The fourth-order valence-electron chi connectivity index (χ4n) is 2.24. The Hall–Kier alpha value is -1.83. The van der Waals surface area contributed by atoms with Crippen molar-refractivity contribution in [3.63, 3.8) is 0 Å². The highest BCUT2D eigenvalue weighted by atomic mass is 19.4. The van der Waals surface area contributed by atoms with Gasteiger partial charge in [0.2, 0.25) is 0 Å². The molecular weight excluding hydrogens is 441 g/mol. The highest BCUT2D eigenvalue weighted by Gasteiger charge is 3.01. The first-order valence-electron chi connectivity index (χ1n) is 7.74. The first kappa shape index (κ1) is 25.2. The number of esters is 2. The summed E-state index contributed by atoms with van der Waals surface area (Å²) in [6, 6.07) is 0. The molecule has 0 amide bonds. The normalized spacial score (nSPS) is 25.1. The van der Waals surface area contributed by atoms with Crippen molar-refractivity contribution < 1.29 is 67.4 Å². The van der Waals surface area contributed by atoms with E-state index in [1.54, 1.807) is 6.92 Å². The molecule has 1 aliphatic rings. The Labute approximate surface area is 155 Å². The smallest absolute Gasteiger partial charge is 0.384 e. The minimum Gasteiger partial charge on any atom is -0.465 e. The van der Waals surface area contributed by atoms with Crippen molar-refractivity contribution in [2.75, 3.05) is 13.2 Å². The van der Waals surface area contributed by atoms with Crippen LogP contribution in [-0.2, 0) is 19.1 Å². The van der Waals surface area contributed by atoms with E-state index in [9.17, 15) is 57.9 Å². The molecule has 1 fully saturated rings. The van der Waals surface area contributed by atoms with Crippen LogP contribution in [0.2, 0.25) is 0 Å². The number of hydrogen-bond donors (Lipinski definition) is 0. The Morgan fingerprint density at radius 2 is 1.00 bits per heavy atom. The molecule has 0 saturated heterocycles. The number of rotatable bonds is 7. The maximum Gasteiger partial charge on any atom is 0.384 e. The van der Waals surface area contributed by atoms with E-state index in [0.29, 0.717) is 6.42 Å². The van der Waals surface area contributed by atoms with Gasteiger partial charge in [-0.3, -0.25) is 9.59 Å². The molecular formula is C14H13F11O4. The third kappa shape index (κ3) is 3.39. The van der Waals surface area contributed by atoms with E-state index in [1.165, 1.54) is 0 Å². The molecule has 15 heteroatoms. The summed E-state index contributed by atoms with van der Waals surface area (Å²) in [5.74, 6) is -38.7. The molecule has 0 unspecified atom stereocenters. The molecule has 4 nitrogen and oxygen atoms in total. The van der Waals surface area contributed by atoms with Gasteiger partial charge in [-0.1, -0.05) is 6.92 Å². The maximum absolute atomic E-state index is 14.2. The van der Waals surface area contributed by atoms with E-state index in [-0.39, 0.29) is 6.42 Å². The van der Waals surface area contributed by atoms with E-state index in [1.807, 2.05) is 0 Å². The molecule has 0 aromatic heterocycles. The Morgan fingerprint density at radius 1 is 0.621 bits per heavy atom. The van der Waals surface area contributed by atoms with Crippen LogP contribution in [0.5, 0.6) is 0 Å². The Morgan fingerprint density at radius 3 is 1.41 bits per heavy atom. The van der Waals surface area contributed by atoms with Gasteiger partial charge in [-0.05, 0) is 6.42 Å². The second kappa shape index (κ2) is 7.45. The van der Waals surface area contributed by atoms with Gasteiger partial charge in [0.25, 0.3) is 5.67 Å². The van der Waals surface area contributed by atoms with Crippen molar-refractivity contribution in [1.82, 2.24) is 0 Å². The average molecular weight is 454 g/mol. The third-order valence-electron chi connectivity index (χ3n) is 4.03. The first-order chi connectivity index (χ1) is 12.8. The van der Waals surface area contributed by atoms with Crippen LogP contribution in [0.4, 0.5) is 48.3 Å². The van der Waals surface area contributed by atoms with Crippen LogP contribution in [0.25, 0.3) is 0 Å². The standard InChI is InChI=1S/C14H13F11O4/c1-2-3-7(26)28-5-4-8(27)29-6-9(15)10(16,17)12(20,21)14(24,25)13(22,23)11(9,18)19/h2-6H2,1H3. The molecule has 1 aliphatic carbocycles. The summed E-state index contributed by atoms with van der Waals surface area (Å²) in [7, 11) is 0. The summed E-state index contributed by atoms with van der Waals surface area (Å²) < 4.78 is 155. The Bertz CT molecular complexity index is 617. The number of ether oxygens (including phenoxy) is 2. The molecule has 0 heterocycles. The van der Waals surface area contributed by atoms with Crippen LogP contribution in [-0.4, -0.2) is 60.4 Å². The predicted molar refractivity (Wildman–Crippen MR) is 70.0 cm³/mol. The van der Waals surface area contributed by atoms with Gasteiger partial charge in [0.1, 0.15) is 13.2 Å². The lowest BCUT2D eigenvalue weighted by Crippen LogP contribution is -2.84. The molecule has 0 spiro atoms. The van der Waals surface area contributed by atoms with Crippen LogP contribution >= 0.6 is 0 Å². The quantitative estimate of drug-likeness (QED) is 0.429. The van der Waals surface area contributed by atoms with Crippen molar-refractivity contribution >= 4 is 11.9 Å². The summed E-state index contributed by atoms with van der Waals surface area (Å²) in [6.07, 6.45) is -0.865. The molecule has 0 radical (unpaired) electrons. The fourth-order valence-corrected chi connectivity index (χ4v) is 2.24. The first-order valence-corrected chi connectivity index (χ1v) is 7.74. The minimum atomic E-state index is -7.33. The van der Waals surface area contributed by atoms with Gasteiger partial charge in [0.05, 0.1) is 6.42 Å². The van der Waals surface area contributed by atoms with Gasteiger partial charge in [-0.2, -0.15) is 43.9 Å². The molecule has 1 saturated carbocycles. The van der Waals surface area contributed by atoms with Gasteiger partial charge >= 0.3 is 41.6 Å². The summed E-state index contributed by atoms with van der Waals surface area (Å²) in [5, 5.41) is 0. The van der Waals surface area contributed by atoms with Gasteiger partial charge in [-0.15, -0.1) is 0 Å². The number of carbonyl (C=O) groups is 2. The van der Waals surface area contributed by atoms with Crippen molar-refractivity contribution in [3.8, 4) is 0 Å². The zero-order valence-electron chi connectivity index (χ0n) is 14.3. The number of alkyl halides is 11. The van der Waals surface area contributed by atoms with Gasteiger partial charge < -0.3 is 9.47 Å². The van der Waals surface area contributed by atoms with Gasteiger partial charge in [-0.25, -0.2) is 4.39 Å². The van der Waals surface area contributed by atoms with E-state index in [0.717, 1.165) is 0 Å². The number of carbonyl (C=O) groups excluding carboxylic acids is 2. The van der Waals surface area contributed by atoms with Crippen molar-refractivity contribution in [2.45, 2.75) is 61.5 Å². The predicted octanol–water partition coefficient (Wildman–Crippen LogP) is 4.16. The maximum atomic E-state index is 14.2. The topological polar surface area (TPSA) is 52.6 Å². The molecule has 0 bridgehead atoms. The SMILES string of the molecule is CCCC(=O)OCCC(=O)OCC1(F)C(F)(F)C(F)(F)C(F)(F)C(F)(F)C1(F)F. The minimum absolute atomic E-state index is 0.112. The van der Waals surface area contributed by atoms with E-state index in [2.05, 4.69) is 9.47 Å². The molecule has 0 atom stereocenters. The van der Waals surface area contributed by atoms with Gasteiger partial charge in [0.15, 0.2) is 0 Å². The largest absolute Gasteiger partial charge is 0.465 e. The molecule has 0 aliphatic heterocycles. The van der Waals surface area contributed by atoms with Crippen LogP contribution in [0.15, 0.2) is 0 Å². The second-order valence-corrected chi connectivity index (χ2v) is 6.05. The van der Waals surface area contributed by atoms with E-state index in [4.69, 9.17) is 0 Å². The molecule has 0 N–H and O–H groups in total. The zero-order valence-corrected chi connectivity index (χ0v) is 14.3. The summed E-state index contributed by atoms with van der Waals surface area (Å²) in [4.78, 5) is 22.2. The number of halogens is 11. The lowest BCUT2D eigenvalue weighted by atomic mass is 9.72. The zero-order chi connectivity index (χ0) is 23.1. The lowest BCUT2D eigenvalue weighted by Gasteiger charge is -2.52. The lowest BCUT2D eigenvalue weighted by molar-refractivity contribution is -0.487. The van der Waals surface area contributed by atoms with Gasteiger partial charge in [0, 0.05) is 6.42 Å². The van der Waals surface area contributed by atoms with Crippen LogP contribution in [0.1, 0.15) is 26.2 Å². The Balaban J connectivity index is 3.06. The van der Waals surface area contributed by atoms with E-state index >= 15 is 0 Å². The molecule has 29 heavy (non-hydrogen) atoms. The molecule has 170 valence electrons.